The van der Waals surface area contributed by atoms with Gasteiger partial charge in [-0.2, -0.15) is 18.3 Å². The number of piperazine rings is 1. The van der Waals surface area contributed by atoms with Crippen molar-refractivity contribution in [1.82, 2.24) is 19.6 Å². The van der Waals surface area contributed by atoms with Crippen molar-refractivity contribution in [2.24, 2.45) is 7.05 Å². The number of nitrogens with zero attached hydrogens (tertiary/aromatic N) is 4. The molecule has 0 saturated carbocycles. The molecule has 3 rings (SSSR count). The summed E-state index contributed by atoms with van der Waals surface area (Å²) in [5, 5.41) is 3.11. The molecule has 6 nitrogen and oxygen atoms in total. The molecule has 2 heterocycles. The van der Waals surface area contributed by atoms with E-state index in [-0.39, 0.29) is 10.9 Å². The Hall–Kier alpha value is -2.81. The van der Waals surface area contributed by atoms with Crippen LogP contribution in [-0.2, 0) is 29.2 Å². The van der Waals surface area contributed by atoms with Crippen LogP contribution in [0.5, 0.6) is 0 Å². The van der Waals surface area contributed by atoms with E-state index in [2.05, 4.69) is 5.10 Å². The van der Waals surface area contributed by atoms with E-state index >= 15 is 0 Å². The molecule has 0 aliphatic carbocycles. The van der Waals surface area contributed by atoms with Crippen molar-refractivity contribution in [3.63, 3.8) is 0 Å². The van der Waals surface area contributed by atoms with Gasteiger partial charge in [-0.15, -0.1) is 0 Å². The molecule has 1 aliphatic heterocycles. The molecule has 2 amide bonds. The first-order valence-electron chi connectivity index (χ1n) is 8.62. The Morgan fingerprint density at radius 2 is 1.76 bits per heavy atom. The first kappa shape index (κ1) is 20.9. The molecule has 2 aromatic rings. The van der Waals surface area contributed by atoms with Crippen molar-refractivity contribution in [2.45, 2.75) is 18.6 Å². The molecule has 0 spiro atoms. The number of hydrogen-bond donors (Lipinski definition) is 0. The second kappa shape index (κ2) is 7.55. The van der Waals surface area contributed by atoms with E-state index in [1.54, 1.807) is 0 Å². The number of aryl methyl sites for hydroxylation is 1. The summed E-state index contributed by atoms with van der Waals surface area (Å²) < 4.78 is 40.8. The lowest BCUT2D eigenvalue weighted by atomic mass is 10.00. The van der Waals surface area contributed by atoms with Crippen LogP contribution >= 0.6 is 11.6 Å². The zero-order valence-corrected chi connectivity index (χ0v) is 16.6. The van der Waals surface area contributed by atoms with Crippen LogP contribution in [0.1, 0.15) is 16.8 Å². The van der Waals surface area contributed by atoms with Crippen molar-refractivity contribution in [1.29, 1.82) is 0 Å². The van der Waals surface area contributed by atoms with Gasteiger partial charge in [-0.1, -0.05) is 41.9 Å². The molecule has 154 valence electrons. The summed E-state index contributed by atoms with van der Waals surface area (Å²) >= 11 is 5.97. The van der Waals surface area contributed by atoms with Gasteiger partial charge >= 0.3 is 6.18 Å². The van der Waals surface area contributed by atoms with E-state index in [0.717, 1.165) is 21.2 Å². The fraction of sp³-hybridized carbons (Fsp3) is 0.316. The Kier molecular flexibility index (Phi) is 5.44. The maximum absolute atomic E-state index is 13.3. The SMILES string of the molecule is CN1C(=O)C(Cc2ccccc2)N(C)C(=O)/C1=C/c1c(C(F)(F)F)nn(C)c1Cl. The zero-order chi connectivity index (χ0) is 21.5. The highest BCUT2D eigenvalue weighted by Gasteiger charge is 2.42. The second-order valence-corrected chi connectivity index (χ2v) is 7.08. The summed E-state index contributed by atoms with van der Waals surface area (Å²) in [6.07, 6.45) is -3.51. The summed E-state index contributed by atoms with van der Waals surface area (Å²) in [7, 11) is 4.07. The Labute approximate surface area is 170 Å². The molecule has 1 aromatic carbocycles. The summed E-state index contributed by atoms with van der Waals surface area (Å²) in [6.45, 7) is 0. The molecule has 1 aromatic heterocycles. The van der Waals surface area contributed by atoms with Crippen LogP contribution in [0.3, 0.4) is 0 Å². The molecule has 29 heavy (non-hydrogen) atoms. The third kappa shape index (κ3) is 3.87. The normalized spacial score (nSPS) is 19.4. The van der Waals surface area contributed by atoms with Gasteiger partial charge in [-0.3, -0.25) is 14.3 Å². The molecule has 0 N–H and O–H groups in total. The molecule has 0 bridgehead atoms. The molecule has 0 radical (unpaired) electrons. The second-order valence-electron chi connectivity index (χ2n) is 6.72. The van der Waals surface area contributed by atoms with E-state index in [0.29, 0.717) is 6.42 Å². The molecule has 1 saturated heterocycles. The fourth-order valence-corrected chi connectivity index (χ4v) is 3.37. The molecule has 1 atom stereocenters. The van der Waals surface area contributed by atoms with Crippen LogP contribution < -0.4 is 0 Å². The van der Waals surface area contributed by atoms with Crippen LogP contribution in [-0.4, -0.2) is 51.5 Å². The number of carbonyl (C=O) groups is 2. The summed E-state index contributed by atoms with van der Waals surface area (Å²) in [5.41, 5.74) is -1.03. The van der Waals surface area contributed by atoms with Crippen molar-refractivity contribution in [2.75, 3.05) is 14.1 Å². The van der Waals surface area contributed by atoms with E-state index in [9.17, 15) is 22.8 Å². The Morgan fingerprint density at radius 1 is 1.14 bits per heavy atom. The van der Waals surface area contributed by atoms with E-state index in [1.165, 1.54) is 26.0 Å². The molecular weight excluding hydrogens is 409 g/mol. The molecule has 10 heteroatoms. The molecular formula is C19H18ClF3N4O2. The van der Waals surface area contributed by atoms with Gasteiger partial charge in [0, 0.05) is 33.1 Å². The lowest BCUT2D eigenvalue weighted by Crippen LogP contribution is -2.56. The Bertz CT molecular complexity index is 985. The number of amides is 2. The standard InChI is InChI=1S/C19H18ClF3N4O2/c1-25-13(9-11-7-5-4-6-8-11)17(28)26(2)14(18(25)29)10-12-15(19(21,22)23)24-27(3)16(12)20/h4-8,10,13H,9H2,1-3H3/b14-10-. The Balaban J connectivity index is 2.00. The van der Waals surface area contributed by atoms with Gasteiger partial charge in [0.1, 0.15) is 16.9 Å². The number of halogens is 4. The minimum atomic E-state index is -4.76. The third-order valence-electron chi connectivity index (χ3n) is 4.82. The first-order chi connectivity index (χ1) is 13.5. The summed E-state index contributed by atoms with van der Waals surface area (Å²) in [4.78, 5) is 28.1. The quantitative estimate of drug-likeness (QED) is 0.709. The zero-order valence-electron chi connectivity index (χ0n) is 15.9. The van der Waals surface area contributed by atoms with Crippen LogP contribution in [0.25, 0.3) is 6.08 Å². The van der Waals surface area contributed by atoms with Crippen LogP contribution in [0.15, 0.2) is 36.0 Å². The topological polar surface area (TPSA) is 58.4 Å². The Morgan fingerprint density at radius 3 is 2.34 bits per heavy atom. The highest BCUT2D eigenvalue weighted by molar-refractivity contribution is 6.31. The van der Waals surface area contributed by atoms with Gasteiger partial charge in [0.05, 0.1) is 0 Å². The van der Waals surface area contributed by atoms with Crippen molar-refractivity contribution < 1.29 is 22.8 Å². The lowest BCUT2D eigenvalue weighted by Gasteiger charge is -2.38. The van der Waals surface area contributed by atoms with Crippen LogP contribution in [0.4, 0.5) is 13.2 Å². The lowest BCUT2D eigenvalue weighted by molar-refractivity contribution is -0.148. The summed E-state index contributed by atoms with van der Waals surface area (Å²) in [5.74, 6) is -0.989. The highest BCUT2D eigenvalue weighted by atomic mass is 35.5. The maximum atomic E-state index is 13.3. The van der Waals surface area contributed by atoms with E-state index in [4.69, 9.17) is 11.6 Å². The number of carbonyl (C=O) groups excluding carboxylic acids is 2. The number of alkyl halides is 3. The number of rotatable bonds is 3. The van der Waals surface area contributed by atoms with Gasteiger partial charge in [0.2, 0.25) is 5.91 Å². The third-order valence-corrected chi connectivity index (χ3v) is 5.27. The van der Waals surface area contributed by atoms with Gasteiger partial charge < -0.3 is 9.80 Å². The number of aromatic nitrogens is 2. The molecule has 1 fully saturated rings. The average molecular weight is 427 g/mol. The van der Waals surface area contributed by atoms with E-state index in [1.807, 2.05) is 30.3 Å². The summed E-state index contributed by atoms with van der Waals surface area (Å²) in [6, 6.07) is 8.39. The van der Waals surface area contributed by atoms with Gasteiger partial charge in [0.15, 0.2) is 5.69 Å². The van der Waals surface area contributed by atoms with Gasteiger partial charge in [-0.05, 0) is 11.6 Å². The predicted octanol–water partition coefficient (Wildman–Crippen LogP) is 2.97. The minimum Gasteiger partial charge on any atom is -0.328 e. The van der Waals surface area contributed by atoms with Crippen molar-refractivity contribution in [3.8, 4) is 0 Å². The van der Waals surface area contributed by atoms with Crippen molar-refractivity contribution in [3.05, 3.63) is 58.0 Å². The number of likely N-dealkylation sites (N-methyl/N-ethyl adjacent to an activating group) is 2. The van der Waals surface area contributed by atoms with E-state index < -0.39 is 35.3 Å². The fourth-order valence-electron chi connectivity index (χ4n) is 3.19. The largest absolute Gasteiger partial charge is 0.435 e. The number of benzene rings is 1. The van der Waals surface area contributed by atoms with Crippen LogP contribution in [0.2, 0.25) is 5.15 Å². The smallest absolute Gasteiger partial charge is 0.328 e. The van der Waals surface area contributed by atoms with Gasteiger partial charge in [0.25, 0.3) is 5.91 Å². The first-order valence-corrected chi connectivity index (χ1v) is 9.00. The minimum absolute atomic E-state index is 0.206. The van der Waals surface area contributed by atoms with Gasteiger partial charge in [-0.25, -0.2) is 0 Å². The average Bonchev–Trinajstić information content (AvgIpc) is 2.96. The number of hydrogen-bond acceptors (Lipinski definition) is 3. The maximum Gasteiger partial charge on any atom is 0.435 e. The highest BCUT2D eigenvalue weighted by Crippen LogP contribution is 2.36. The monoisotopic (exact) mass is 426 g/mol. The molecule has 1 unspecified atom stereocenters. The van der Waals surface area contributed by atoms with Crippen LogP contribution in [0, 0.1) is 0 Å². The van der Waals surface area contributed by atoms with Crippen molar-refractivity contribution >= 4 is 29.5 Å². The molecule has 1 aliphatic rings. The predicted molar refractivity (Wildman–Crippen MR) is 101 cm³/mol.